The number of fused-ring (bicyclic) bond motifs is 1. The Morgan fingerprint density at radius 3 is 2.31 bits per heavy atom. The van der Waals surface area contributed by atoms with Gasteiger partial charge >= 0.3 is 6.09 Å². The van der Waals surface area contributed by atoms with Crippen LogP contribution in [0.15, 0.2) is 0 Å². The molecule has 5 aliphatic rings. The summed E-state index contributed by atoms with van der Waals surface area (Å²) < 4.78 is 5.61. The van der Waals surface area contributed by atoms with Crippen molar-refractivity contribution in [1.29, 1.82) is 0 Å². The third-order valence-electron chi connectivity index (χ3n) is 9.08. The van der Waals surface area contributed by atoms with Gasteiger partial charge in [0.25, 0.3) is 0 Å². The van der Waals surface area contributed by atoms with Gasteiger partial charge in [-0.3, -0.25) is 19.3 Å². The van der Waals surface area contributed by atoms with Crippen molar-refractivity contribution < 1.29 is 23.9 Å². The summed E-state index contributed by atoms with van der Waals surface area (Å²) >= 11 is 0. The molecule has 0 aromatic heterocycles. The van der Waals surface area contributed by atoms with Crippen LogP contribution in [0.3, 0.4) is 0 Å². The minimum Gasteiger partial charge on any atom is -0.444 e. The zero-order valence-electron chi connectivity index (χ0n) is 21.3. The Bertz CT molecular complexity index is 900. The molecule has 2 aliphatic carbocycles. The fraction of sp³-hybridized carbons (Fsp3) is 0.846. The van der Waals surface area contributed by atoms with Gasteiger partial charge in [-0.2, -0.15) is 0 Å². The largest absolute Gasteiger partial charge is 0.444 e. The highest BCUT2D eigenvalue weighted by Gasteiger charge is 2.60. The Labute approximate surface area is 207 Å². The molecular formula is C26H40N4O5. The van der Waals surface area contributed by atoms with E-state index in [9.17, 15) is 19.2 Å². The average Bonchev–Trinajstić information content (AvgIpc) is 3.22. The number of piperidine rings is 2. The van der Waals surface area contributed by atoms with Crippen LogP contribution >= 0.6 is 0 Å². The Hall–Kier alpha value is -2.32. The summed E-state index contributed by atoms with van der Waals surface area (Å²) in [4.78, 5) is 56.2. The molecule has 3 aliphatic heterocycles. The Kier molecular flexibility index (Phi) is 6.03. The van der Waals surface area contributed by atoms with Crippen LogP contribution in [-0.2, 0) is 19.1 Å². The smallest absolute Gasteiger partial charge is 0.411 e. The monoisotopic (exact) mass is 488 g/mol. The number of carbonyl (C=O) groups is 4. The molecule has 0 aromatic rings. The van der Waals surface area contributed by atoms with Gasteiger partial charge < -0.3 is 20.3 Å². The minimum atomic E-state index is -0.586. The van der Waals surface area contributed by atoms with Crippen LogP contribution in [0.5, 0.6) is 0 Å². The number of nitrogens with two attached hydrogens (primary N) is 1. The van der Waals surface area contributed by atoms with E-state index in [1.54, 1.807) is 4.90 Å². The highest BCUT2D eigenvalue weighted by Crippen LogP contribution is 2.53. The zero-order valence-corrected chi connectivity index (χ0v) is 21.3. The summed E-state index contributed by atoms with van der Waals surface area (Å²) in [6.45, 7) is 8.11. The predicted octanol–water partition coefficient (Wildman–Crippen LogP) is 2.13. The lowest BCUT2D eigenvalue weighted by Gasteiger charge is -2.53. The molecule has 5 rings (SSSR count). The topological polar surface area (TPSA) is 113 Å². The number of hydrogen-bond acceptors (Lipinski definition) is 5. The maximum absolute atomic E-state index is 13.4. The van der Waals surface area contributed by atoms with E-state index in [1.807, 2.05) is 30.6 Å². The van der Waals surface area contributed by atoms with Gasteiger partial charge in [-0.25, -0.2) is 4.79 Å². The first kappa shape index (κ1) is 24.4. The number of amides is 4. The van der Waals surface area contributed by atoms with Crippen molar-refractivity contribution in [2.24, 2.45) is 28.9 Å². The van der Waals surface area contributed by atoms with Crippen molar-refractivity contribution in [2.45, 2.75) is 89.8 Å². The van der Waals surface area contributed by atoms with Crippen LogP contribution < -0.4 is 5.73 Å². The van der Waals surface area contributed by atoms with E-state index in [2.05, 4.69) is 0 Å². The van der Waals surface area contributed by atoms with Gasteiger partial charge in [0.1, 0.15) is 11.6 Å². The average molecular weight is 489 g/mol. The maximum Gasteiger partial charge on any atom is 0.411 e. The zero-order chi connectivity index (χ0) is 25.1. The number of hydrogen-bond donors (Lipinski definition) is 1. The minimum absolute atomic E-state index is 0.0230. The van der Waals surface area contributed by atoms with Gasteiger partial charge in [0.2, 0.25) is 17.7 Å². The Morgan fingerprint density at radius 2 is 1.69 bits per heavy atom. The highest BCUT2D eigenvalue weighted by atomic mass is 16.6. The highest BCUT2D eigenvalue weighted by molar-refractivity contribution is 5.88. The lowest BCUT2D eigenvalue weighted by atomic mass is 9.69. The molecule has 2 saturated carbocycles. The lowest BCUT2D eigenvalue weighted by molar-refractivity contribution is -0.153. The van der Waals surface area contributed by atoms with Crippen LogP contribution in [0.2, 0.25) is 0 Å². The summed E-state index contributed by atoms with van der Waals surface area (Å²) in [6, 6.07) is -0.274. The second kappa shape index (κ2) is 8.66. The van der Waals surface area contributed by atoms with E-state index < -0.39 is 11.6 Å². The van der Waals surface area contributed by atoms with Crippen LogP contribution in [0.4, 0.5) is 4.79 Å². The first-order valence-electron chi connectivity index (χ1n) is 13.3. The molecule has 3 saturated heterocycles. The molecule has 9 nitrogen and oxygen atoms in total. The standard InChI is InChI=1S/C26H40N4O5/c1-25(2,3)35-24(34)30-19-11-17(19)12-20(30)23(33)29-14-26(15-29)8-4-5-18(26)13-21(31)28-9-6-16(7-10-28)22(27)32/h16-20H,4-15H2,1-3H3,(H2,27,32)/t17?,18?,19?,20-/m0/s1. The van der Waals surface area contributed by atoms with Crippen molar-refractivity contribution >= 4 is 23.8 Å². The van der Waals surface area contributed by atoms with E-state index >= 15 is 0 Å². The van der Waals surface area contributed by atoms with Crippen molar-refractivity contribution in [3.05, 3.63) is 0 Å². The maximum atomic E-state index is 13.4. The molecule has 194 valence electrons. The quantitative estimate of drug-likeness (QED) is 0.651. The van der Waals surface area contributed by atoms with Gasteiger partial charge in [-0.15, -0.1) is 0 Å². The Morgan fingerprint density at radius 1 is 1.00 bits per heavy atom. The van der Waals surface area contributed by atoms with Crippen molar-refractivity contribution in [1.82, 2.24) is 14.7 Å². The van der Waals surface area contributed by atoms with Gasteiger partial charge in [-0.1, -0.05) is 6.42 Å². The second-order valence-electron chi connectivity index (χ2n) is 12.6. The van der Waals surface area contributed by atoms with E-state index in [-0.39, 0.29) is 47.1 Å². The number of ether oxygens (including phenoxy) is 1. The summed E-state index contributed by atoms with van der Waals surface area (Å²) in [7, 11) is 0. The van der Waals surface area contributed by atoms with E-state index in [0.717, 1.165) is 32.1 Å². The summed E-state index contributed by atoms with van der Waals surface area (Å²) in [5, 5.41) is 0. The van der Waals surface area contributed by atoms with E-state index in [1.165, 1.54) is 0 Å². The molecule has 3 unspecified atom stereocenters. The summed E-state index contributed by atoms with van der Waals surface area (Å²) in [5.41, 5.74) is 4.86. The van der Waals surface area contributed by atoms with Crippen LogP contribution in [-0.4, -0.2) is 82.4 Å². The van der Waals surface area contributed by atoms with Crippen LogP contribution in [0.25, 0.3) is 0 Å². The lowest BCUT2D eigenvalue weighted by Crippen LogP contribution is -2.64. The number of likely N-dealkylation sites (tertiary alicyclic amines) is 3. The van der Waals surface area contributed by atoms with Crippen molar-refractivity contribution in [3.8, 4) is 0 Å². The molecular weight excluding hydrogens is 448 g/mol. The van der Waals surface area contributed by atoms with E-state index in [0.29, 0.717) is 51.4 Å². The number of nitrogens with zero attached hydrogens (tertiary/aromatic N) is 3. The molecule has 4 amide bonds. The number of carbonyl (C=O) groups excluding carboxylic acids is 4. The van der Waals surface area contributed by atoms with Gasteiger partial charge in [-0.05, 0) is 71.1 Å². The van der Waals surface area contributed by atoms with Gasteiger partial charge in [0, 0.05) is 50.0 Å². The fourth-order valence-corrected chi connectivity index (χ4v) is 7.03. The van der Waals surface area contributed by atoms with Crippen molar-refractivity contribution in [3.63, 3.8) is 0 Å². The Balaban J connectivity index is 1.16. The molecule has 4 atom stereocenters. The molecule has 35 heavy (non-hydrogen) atoms. The van der Waals surface area contributed by atoms with Crippen LogP contribution in [0.1, 0.15) is 72.1 Å². The summed E-state index contributed by atoms with van der Waals surface area (Å²) in [6.07, 6.45) is 6.28. The molecule has 2 N–H and O–H groups in total. The third kappa shape index (κ3) is 4.62. The van der Waals surface area contributed by atoms with Gasteiger partial charge in [0.05, 0.1) is 0 Å². The predicted molar refractivity (Wildman–Crippen MR) is 128 cm³/mol. The number of primary amides is 1. The van der Waals surface area contributed by atoms with Crippen molar-refractivity contribution in [2.75, 3.05) is 26.2 Å². The molecule has 1 spiro atoms. The molecule has 3 heterocycles. The van der Waals surface area contributed by atoms with Crippen LogP contribution in [0, 0.1) is 23.2 Å². The molecule has 0 aromatic carbocycles. The third-order valence-corrected chi connectivity index (χ3v) is 9.08. The first-order valence-corrected chi connectivity index (χ1v) is 13.3. The normalized spacial score (nSPS) is 31.8. The molecule has 0 bridgehead atoms. The molecule has 5 fully saturated rings. The first-order chi connectivity index (χ1) is 16.5. The number of rotatable bonds is 4. The molecule has 0 radical (unpaired) electrons. The molecule has 9 heteroatoms. The van der Waals surface area contributed by atoms with E-state index in [4.69, 9.17) is 10.5 Å². The second-order valence-corrected chi connectivity index (χ2v) is 12.6. The SMILES string of the molecule is CC(C)(C)OC(=O)N1C2CC2C[C@H]1C(=O)N1CC2(CCCC2CC(=O)N2CCC(C(N)=O)CC2)C1. The fourth-order valence-electron chi connectivity index (χ4n) is 7.03. The van der Waals surface area contributed by atoms with Gasteiger partial charge in [0.15, 0.2) is 0 Å². The summed E-state index contributed by atoms with van der Waals surface area (Å²) in [5.74, 6) is 0.519.